The van der Waals surface area contributed by atoms with Crippen LogP contribution in [0.25, 0.3) is 0 Å². The number of carbonyl (C=O) groups is 1. The first-order chi connectivity index (χ1) is 10.2. The maximum Gasteiger partial charge on any atom is 0.274 e. The van der Waals surface area contributed by atoms with Gasteiger partial charge in [0.2, 0.25) is 0 Å². The summed E-state index contributed by atoms with van der Waals surface area (Å²) < 4.78 is 0.845. The van der Waals surface area contributed by atoms with Crippen molar-refractivity contribution in [2.24, 2.45) is 0 Å². The number of benzene rings is 1. The number of nitrogens with one attached hydrogen (secondary N) is 1. The number of para-hydroxylation sites is 1. The second-order valence-corrected chi connectivity index (χ2v) is 5.36. The largest absolute Gasteiger partial charge is 0.371 e. The average molecular weight is 348 g/mol. The molecular weight excluding hydrogens is 330 g/mol. The van der Waals surface area contributed by atoms with E-state index in [2.05, 4.69) is 45.0 Å². The van der Waals surface area contributed by atoms with E-state index >= 15 is 0 Å². The second kappa shape index (κ2) is 7.22. The van der Waals surface area contributed by atoms with Crippen molar-refractivity contribution in [1.29, 1.82) is 0 Å². The fourth-order valence-electron chi connectivity index (χ4n) is 2.05. The Morgan fingerprint density at radius 1 is 1.19 bits per heavy atom. The highest BCUT2D eigenvalue weighted by Gasteiger charge is 2.10. The Hall–Kier alpha value is -1.88. The fraction of sp³-hybridized carbons (Fsp3) is 0.250. The van der Waals surface area contributed by atoms with E-state index in [0.29, 0.717) is 5.69 Å². The summed E-state index contributed by atoms with van der Waals surface area (Å²) in [4.78, 5) is 18.6. The van der Waals surface area contributed by atoms with Crippen molar-refractivity contribution in [2.75, 3.05) is 23.3 Å². The summed E-state index contributed by atoms with van der Waals surface area (Å²) in [5.41, 5.74) is 2.16. The SMILES string of the molecule is CCN(CC)c1ccc(C(=O)Nc2ccccc2Br)nc1. The molecule has 21 heavy (non-hydrogen) atoms. The molecule has 5 heteroatoms. The molecule has 0 aliphatic carbocycles. The number of halogens is 1. The molecule has 0 fully saturated rings. The smallest absolute Gasteiger partial charge is 0.274 e. The monoisotopic (exact) mass is 347 g/mol. The molecule has 0 atom stereocenters. The third kappa shape index (κ3) is 3.82. The molecule has 1 heterocycles. The Bertz CT molecular complexity index is 609. The zero-order valence-electron chi connectivity index (χ0n) is 12.1. The zero-order valence-corrected chi connectivity index (χ0v) is 13.7. The molecule has 4 nitrogen and oxygen atoms in total. The highest BCUT2D eigenvalue weighted by atomic mass is 79.9. The molecule has 2 aromatic rings. The van der Waals surface area contributed by atoms with Gasteiger partial charge in [0.25, 0.3) is 5.91 Å². The lowest BCUT2D eigenvalue weighted by atomic mass is 10.2. The molecule has 0 spiro atoms. The normalized spacial score (nSPS) is 10.2. The van der Waals surface area contributed by atoms with Crippen LogP contribution in [0.4, 0.5) is 11.4 Å². The Balaban J connectivity index is 2.12. The van der Waals surface area contributed by atoms with Gasteiger partial charge in [-0.15, -0.1) is 0 Å². The lowest BCUT2D eigenvalue weighted by Crippen LogP contribution is -2.22. The number of carbonyl (C=O) groups excluding carboxylic acids is 1. The quantitative estimate of drug-likeness (QED) is 0.890. The molecule has 0 saturated heterocycles. The van der Waals surface area contributed by atoms with Crippen molar-refractivity contribution in [3.8, 4) is 0 Å². The van der Waals surface area contributed by atoms with Gasteiger partial charge in [-0.05, 0) is 54.0 Å². The maximum absolute atomic E-state index is 12.2. The van der Waals surface area contributed by atoms with Crippen molar-refractivity contribution in [2.45, 2.75) is 13.8 Å². The zero-order chi connectivity index (χ0) is 15.2. The topological polar surface area (TPSA) is 45.2 Å². The number of hydrogen-bond acceptors (Lipinski definition) is 3. The Morgan fingerprint density at radius 2 is 1.90 bits per heavy atom. The van der Waals surface area contributed by atoms with Crippen LogP contribution in [-0.4, -0.2) is 24.0 Å². The van der Waals surface area contributed by atoms with E-state index in [1.807, 2.05) is 30.3 Å². The average Bonchev–Trinajstić information content (AvgIpc) is 2.51. The summed E-state index contributed by atoms with van der Waals surface area (Å²) in [5, 5.41) is 2.84. The lowest BCUT2D eigenvalue weighted by Gasteiger charge is -2.20. The number of aromatic nitrogens is 1. The van der Waals surface area contributed by atoms with E-state index in [1.54, 1.807) is 12.3 Å². The molecule has 0 radical (unpaired) electrons. The highest BCUT2D eigenvalue weighted by Crippen LogP contribution is 2.22. The van der Waals surface area contributed by atoms with E-state index in [9.17, 15) is 4.79 Å². The highest BCUT2D eigenvalue weighted by molar-refractivity contribution is 9.10. The van der Waals surface area contributed by atoms with E-state index in [1.165, 1.54) is 0 Å². The summed E-state index contributed by atoms with van der Waals surface area (Å²) in [6.07, 6.45) is 1.74. The van der Waals surface area contributed by atoms with Gasteiger partial charge < -0.3 is 10.2 Å². The molecule has 1 aromatic carbocycles. The fourth-order valence-corrected chi connectivity index (χ4v) is 2.43. The molecule has 1 N–H and O–H groups in total. The van der Waals surface area contributed by atoms with E-state index in [0.717, 1.165) is 28.9 Å². The van der Waals surface area contributed by atoms with Crippen LogP contribution in [-0.2, 0) is 0 Å². The standard InChI is InChI=1S/C16H18BrN3O/c1-3-20(4-2)12-9-10-15(18-11-12)16(21)19-14-8-6-5-7-13(14)17/h5-11H,3-4H2,1-2H3,(H,19,21). The van der Waals surface area contributed by atoms with Crippen molar-refractivity contribution >= 4 is 33.2 Å². The predicted octanol–water partition coefficient (Wildman–Crippen LogP) is 3.94. The van der Waals surface area contributed by atoms with Gasteiger partial charge in [-0.25, -0.2) is 4.98 Å². The molecule has 1 aromatic heterocycles. The van der Waals surface area contributed by atoms with Gasteiger partial charge in [-0.3, -0.25) is 4.79 Å². The summed E-state index contributed by atoms with van der Waals surface area (Å²) in [6.45, 7) is 6.02. The Morgan fingerprint density at radius 3 is 2.48 bits per heavy atom. The predicted molar refractivity (Wildman–Crippen MR) is 89.9 cm³/mol. The first-order valence-corrected chi connectivity index (χ1v) is 7.71. The molecule has 0 aliphatic heterocycles. The van der Waals surface area contributed by atoms with Crippen LogP contribution >= 0.6 is 15.9 Å². The third-order valence-corrected chi connectivity index (χ3v) is 3.92. The molecule has 0 aliphatic rings. The molecule has 0 bridgehead atoms. The molecule has 0 saturated carbocycles. The number of nitrogens with zero attached hydrogens (tertiary/aromatic N) is 2. The lowest BCUT2D eigenvalue weighted by molar-refractivity contribution is 0.102. The maximum atomic E-state index is 12.2. The van der Waals surface area contributed by atoms with E-state index < -0.39 is 0 Å². The van der Waals surface area contributed by atoms with Gasteiger partial charge in [-0.2, -0.15) is 0 Å². The number of pyridine rings is 1. The van der Waals surface area contributed by atoms with Gasteiger partial charge >= 0.3 is 0 Å². The van der Waals surface area contributed by atoms with Crippen molar-refractivity contribution in [1.82, 2.24) is 4.98 Å². The minimum atomic E-state index is -0.215. The van der Waals surface area contributed by atoms with Gasteiger partial charge in [0.1, 0.15) is 5.69 Å². The Kier molecular flexibility index (Phi) is 5.33. The van der Waals surface area contributed by atoms with Gasteiger partial charge in [0.05, 0.1) is 17.6 Å². The van der Waals surface area contributed by atoms with Crippen LogP contribution in [0.1, 0.15) is 24.3 Å². The minimum absolute atomic E-state index is 0.215. The summed E-state index contributed by atoms with van der Waals surface area (Å²) in [7, 11) is 0. The molecule has 110 valence electrons. The number of hydrogen-bond donors (Lipinski definition) is 1. The molecule has 0 unspecified atom stereocenters. The van der Waals surface area contributed by atoms with Crippen LogP contribution in [0.2, 0.25) is 0 Å². The number of amides is 1. The summed E-state index contributed by atoms with van der Waals surface area (Å²) >= 11 is 3.40. The van der Waals surface area contributed by atoms with Crippen LogP contribution < -0.4 is 10.2 Å². The third-order valence-electron chi connectivity index (χ3n) is 3.23. The second-order valence-electron chi connectivity index (χ2n) is 4.51. The molecule has 1 amide bonds. The van der Waals surface area contributed by atoms with Crippen LogP contribution in [0.3, 0.4) is 0 Å². The summed E-state index contributed by atoms with van der Waals surface area (Å²) in [5.74, 6) is -0.215. The van der Waals surface area contributed by atoms with E-state index in [-0.39, 0.29) is 5.91 Å². The van der Waals surface area contributed by atoms with Gasteiger partial charge in [0.15, 0.2) is 0 Å². The summed E-state index contributed by atoms with van der Waals surface area (Å²) in [6, 6.07) is 11.2. The molecule has 2 rings (SSSR count). The first-order valence-electron chi connectivity index (χ1n) is 6.92. The van der Waals surface area contributed by atoms with Gasteiger partial charge in [0, 0.05) is 17.6 Å². The van der Waals surface area contributed by atoms with Crippen molar-refractivity contribution in [3.05, 3.63) is 52.8 Å². The van der Waals surface area contributed by atoms with Crippen molar-refractivity contribution in [3.63, 3.8) is 0 Å². The van der Waals surface area contributed by atoms with Crippen LogP contribution in [0, 0.1) is 0 Å². The van der Waals surface area contributed by atoms with Crippen molar-refractivity contribution < 1.29 is 4.79 Å². The number of anilines is 2. The molecular formula is C16H18BrN3O. The van der Waals surface area contributed by atoms with Crippen LogP contribution in [0.15, 0.2) is 47.1 Å². The van der Waals surface area contributed by atoms with E-state index in [4.69, 9.17) is 0 Å². The van der Waals surface area contributed by atoms with Crippen LogP contribution in [0.5, 0.6) is 0 Å². The minimum Gasteiger partial charge on any atom is -0.371 e. The number of rotatable bonds is 5. The Labute approximate surface area is 133 Å². The first kappa shape index (κ1) is 15.5. The van der Waals surface area contributed by atoms with Gasteiger partial charge in [-0.1, -0.05) is 12.1 Å².